The number of hydrogen-bond acceptors (Lipinski definition) is 3. The largest absolute Gasteiger partial charge is 0.315 e. The van der Waals surface area contributed by atoms with Crippen molar-refractivity contribution in [3.05, 3.63) is 15.9 Å². The molecule has 2 heterocycles. The molecule has 2 rings (SSSR count). The zero-order valence-electron chi connectivity index (χ0n) is 13.7. The molecule has 1 fully saturated rings. The molecule has 0 spiro atoms. The van der Waals surface area contributed by atoms with Gasteiger partial charge in [0, 0.05) is 25.7 Å². The van der Waals surface area contributed by atoms with Crippen LogP contribution in [0.25, 0.3) is 0 Å². The normalized spacial score (nSPS) is 19.4. The summed E-state index contributed by atoms with van der Waals surface area (Å²) < 4.78 is 3.39. The maximum absolute atomic E-state index is 4.73. The number of nitrogens with one attached hydrogen (secondary N) is 1. The van der Waals surface area contributed by atoms with E-state index in [0.29, 0.717) is 6.04 Å². The second-order valence-electron chi connectivity index (χ2n) is 5.85. The van der Waals surface area contributed by atoms with E-state index in [1.165, 1.54) is 41.7 Å². The van der Waals surface area contributed by atoms with Crippen LogP contribution in [-0.4, -0.2) is 40.4 Å². The molecule has 5 heteroatoms. The Hall–Kier alpha value is -0.390. The molecule has 1 unspecified atom stereocenters. The molecular weight excluding hydrogens is 328 g/mol. The highest BCUT2D eigenvalue weighted by atomic mass is 79.9. The van der Waals surface area contributed by atoms with Crippen molar-refractivity contribution in [2.24, 2.45) is 0 Å². The van der Waals surface area contributed by atoms with Crippen molar-refractivity contribution in [1.82, 2.24) is 20.0 Å². The van der Waals surface area contributed by atoms with Gasteiger partial charge in [0.25, 0.3) is 0 Å². The molecule has 0 radical (unpaired) electrons. The molecule has 4 nitrogen and oxygen atoms in total. The number of piperidine rings is 1. The van der Waals surface area contributed by atoms with Crippen molar-refractivity contribution >= 4 is 15.9 Å². The van der Waals surface area contributed by atoms with Gasteiger partial charge in [0.1, 0.15) is 0 Å². The first-order valence-corrected chi connectivity index (χ1v) is 9.19. The highest BCUT2D eigenvalue weighted by Gasteiger charge is 2.23. The Morgan fingerprint density at radius 1 is 1.38 bits per heavy atom. The molecule has 0 saturated carbocycles. The molecule has 1 aromatic rings. The number of nitrogens with zero attached hydrogens (tertiary/aromatic N) is 3. The van der Waals surface area contributed by atoms with Crippen LogP contribution in [0.3, 0.4) is 0 Å². The number of halogens is 1. The summed E-state index contributed by atoms with van der Waals surface area (Å²) in [4.78, 5) is 2.64. The lowest BCUT2D eigenvalue weighted by molar-refractivity contribution is 0.153. The lowest BCUT2D eigenvalue weighted by atomic mass is 10.1. The molecule has 21 heavy (non-hydrogen) atoms. The van der Waals surface area contributed by atoms with Gasteiger partial charge in [-0.15, -0.1) is 0 Å². The van der Waals surface area contributed by atoms with Gasteiger partial charge < -0.3 is 5.32 Å². The highest BCUT2D eigenvalue weighted by molar-refractivity contribution is 9.10. The van der Waals surface area contributed by atoms with Gasteiger partial charge in [0.15, 0.2) is 0 Å². The zero-order chi connectivity index (χ0) is 15.2. The average molecular weight is 357 g/mol. The third-order valence-corrected chi connectivity index (χ3v) is 5.26. The Labute approximate surface area is 137 Å². The summed E-state index contributed by atoms with van der Waals surface area (Å²) in [6, 6.07) is 0.663. The summed E-state index contributed by atoms with van der Waals surface area (Å²) in [5, 5.41) is 8.28. The monoisotopic (exact) mass is 356 g/mol. The zero-order valence-corrected chi connectivity index (χ0v) is 15.2. The molecule has 1 atom stereocenters. The molecule has 120 valence electrons. The Bertz CT molecular complexity index is 438. The topological polar surface area (TPSA) is 33.1 Å². The molecule has 0 bridgehead atoms. The average Bonchev–Trinajstić information content (AvgIpc) is 2.83. The van der Waals surface area contributed by atoms with Crippen LogP contribution in [0.15, 0.2) is 4.47 Å². The van der Waals surface area contributed by atoms with E-state index in [0.717, 1.165) is 32.6 Å². The molecule has 1 saturated heterocycles. The van der Waals surface area contributed by atoms with Crippen molar-refractivity contribution in [3.8, 4) is 0 Å². The molecule has 1 aromatic heterocycles. The lowest BCUT2D eigenvalue weighted by Crippen LogP contribution is -2.46. The van der Waals surface area contributed by atoms with Gasteiger partial charge in [0.05, 0.1) is 15.9 Å². The number of aryl methyl sites for hydroxylation is 2. The molecule has 1 aliphatic heterocycles. The van der Waals surface area contributed by atoms with Gasteiger partial charge >= 0.3 is 0 Å². The summed E-state index contributed by atoms with van der Waals surface area (Å²) >= 11 is 3.78. The van der Waals surface area contributed by atoms with Crippen molar-refractivity contribution in [2.75, 3.05) is 19.6 Å². The van der Waals surface area contributed by atoms with E-state index in [1.807, 2.05) is 0 Å². The fourth-order valence-electron chi connectivity index (χ4n) is 3.18. The van der Waals surface area contributed by atoms with E-state index >= 15 is 0 Å². The molecule has 0 aromatic carbocycles. The number of hydrogen-bond donors (Lipinski definition) is 1. The Balaban J connectivity index is 2.17. The number of aromatic nitrogens is 2. The smallest absolute Gasteiger partial charge is 0.0767 e. The van der Waals surface area contributed by atoms with Crippen LogP contribution < -0.4 is 5.32 Å². The summed E-state index contributed by atoms with van der Waals surface area (Å²) in [5.74, 6) is 0. The van der Waals surface area contributed by atoms with Crippen molar-refractivity contribution in [1.29, 1.82) is 0 Å². The fraction of sp³-hybridized carbons (Fsp3) is 0.812. The van der Waals surface area contributed by atoms with Gasteiger partial charge in [-0.1, -0.05) is 13.8 Å². The van der Waals surface area contributed by atoms with E-state index in [2.05, 4.69) is 51.6 Å². The van der Waals surface area contributed by atoms with Gasteiger partial charge in [-0.2, -0.15) is 5.10 Å². The van der Waals surface area contributed by atoms with Gasteiger partial charge in [-0.25, -0.2) is 0 Å². The minimum absolute atomic E-state index is 0.663. The van der Waals surface area contributed by atoms with Crippen LogP contribution in [0.1, 0.15) is 51.4 Å². The van der Waals surface area contributed by atoms with E-state index < -0.39 is 0 Å². The summed E-state index contributed by atoms with van der Waals surface area (Å²) in [6.45, 7) is 12.0. The lowest BCUT2D eigenvalue weighted by Gasteiger charge is -2.34. The van der Waals surface area contributed by atoms with E-state index in [1.54, 1.807) is 0 Å². The van der Waals surface area contributed by atoms with Crippen molar-refractivity contribution in [3.63, 3.8) is 0 Å². The molecule has 0 amide bonds. The predicted octanol–water partition coefficient (Wildman–Crippen LogP) is 3.19. The first-order valence-electron chi connectivity index (χ1n) is 8.40. The molecule has 1 aliphatic rings. The standard InChI is InChI=1S/C16H29BrN4/c1-4-10-20(13-8-7-9-18-11-13)12-15-16(17)14(5-2)19-21(15)6-3/h13,18H,4-12H2,1-3H3. The van der Waals surface area contributed by atoms with Crippen LogP contribution in [0.4, 0.5) is 0 Å². The van der Waals surface area contributed by atoms with Gasteiger partial charge in [0.2, 0.25) is 0 Å². The molecule has 0 aliphatic carbocycles. The first-order chi connectivity index (χ1) is 10.2. The molecule has 1 N–H and O–H groups in total. The number of rotatable bonds is 7. The Morgan fingerprint density at radius 2 is 2.19 bits per heavy atom. The maximum atomic E-state index is 4.73. The van der Waals surface area contributed by atoms with E-state index in [-0.39, 0.29) is 0 Å². The Morgan fingerprint density at radius 3 is 2.76 bits per heavy atom. The third-order valence-electron chi connectivity index (χ3n) is 4.35. The van der Waals surface area contributed by atoms with Crippen LogP contribution in [-0.2, 0) is 19.5 Å². The summed E-state index contributed by atoms with van der Waals surface area (Å²) in [5.41, 5.74) is 2.53. The van der Waals surface area contributed by atoms with Crippen LogP contribution in [0, 0.1) is 0 Å². The second-order valence-corrected chi connectivity index (χ2v) is 6.64. The van der Waals surface area contributed by atoms with E-state index in [9.17, 15) is 0 Å². The quantitative estimate of drug-likeness (QED) is 0.814. The van der Waals surface area contributed by atoms with Crippen LogP contribution >= 0.6 is 15.9 Å². The Kier molecular flexibility index (Phi) is 6.71. The maximum Gasteiger partial charge on any atom is 0.0767 e. The third kappa shape index (κ3) is 4.08. The summed E-state index contributed by atoms with van der Waals surface area (Å²) in [6.07, 6.45) is 4.79. The van der Waals surface area contributed by atoms with Crippen molar-refractivity contribution < 1.29 is 0 Å². The minimum Gasteiger partial charge on any atom is -0.315 e. The highest BCUT2D eigenvalue weighted by Crippen LogP contribution is 2.25. The molecular formula is C16H29BrN4. The van der Waals surface area contributed by atoms with Gasteiger partial charge in [-0.05, 0) is 61.6 Å². The van der Waals surface area contributed by atoms with Gasteiger partial charge in [-0.3, -0.25) is 9.58 Å². The first kappa shape index (κ1) is 17.0. The second kappa shape index (κ2) is 8.30. The predicted molar refractivity (Wildman–Crippen MR) is 91.6 cm³/mol. The minimum atomic E-state index is 0.663. The SMILES string of the molecule is CCCN(Cc1c(Br)c(CC)nn1CC)C1CCCNC1. The van der Waals surface area contributed by atoms with Crippen LogP contribution in [0.5, 0.6) is 0 Å². The van der Waals surface area contributed by atoms with Crippen molar-refractivity contribution in [2.45, 2.75) is 65.6 Å². The fourth-order valence-corrected chi connectivity index (χ4v) is 3.87. The van der Waals surface area contributed by atoms with E-state index in [4.69, 9.17) is 5.10 Å². The van der Waals surface area contributed by atoms with Crippen LogP contribution in [0.2, 0.25) is 0 Å². The summed E-state index contributed by atoms with van der Waals surface area (Å²) in [7, 11) is 0.